The highest BCUT2D eigenvalue weighted by atomic mass is 16.3. The number of benzene rings is 1. The Labute approximate surface area is 89.4 Å². The van der Waals surface area contributed by atoms with Crippen molar-refractivity contribution in [1.82, 2.24) is 5.32 Å². The van der Waals surface area contributed by atoms with Crippen molar-refractivity contribution >= 4 is 11.4 Å². The fourth-order valence-electron chi connectivity index (χ4n) is 1.44. The normalized spacial score (nSPS) is 11.9. The number of hydrogen-bond acceptors (Lipinski definition) is 3. The summed E-state index contributed by atoms with van der Waals surface area (Å²) >= 11 is 0. The number of rotatable bonds is 3. The van der Waals surface area contributed by atoms with Gasteiger partial charge in [-0.15, -0.1) is 0 Å². The number of carbonyl (C=O) groups excluding carboxylic acids is 1. The lowest BCUT2D eigenvalue weighted by Crippen LogP contribution is -2.09. The van der Waals surface area contributed by atoms with E-state index in [0.29, 0.717) is 5.57 Å². The second-order valence-electron chi connectivity index (χ2n) is 3.35. The molecule has 0 aliphatic carbocycles. The van der Waals surface area contributed by atoms with Crippen molar-refractivity contribution in [2.24, 2.45) is 0 Å². The number of allylic oxidation sites excluding steroid dienone is 2. The summed E-state index contributed by atoms with van der Waals surface area (Å²) in [7, 11) is 1.78. The number of nitrogens with one attached hydrogen (secondary N) is 1. The van der Waals surface area contributed by atoms with Gasteiger partial charge < -0.3 is 10.4 Å². The monoisotopic (exact) mass is 205 g/mol. The molecule has 0 bridgehead atoms. The average Bonchev–Trinajstić information content (AvgIpc) is 2.20. The van der Waals surface area contributed by atoms with Crippen molar-refractivity contribution in [2.75, 3.05) is 7.05 Å². The van der Waals surface area contributed by atoms with E-state index in [2.05, 4.69) is 5.32 Å². The van der Waals surface area contributed by atoms with Gasteiger partial charge in [0.1, 0.15) is 5.75 Å². The van der Waals surface area contributed by atoms with Crippen LogP contribution in [0.5, 0.6) is 5.75 Å². The molecule has 0 radical (unpaired) electrons. The molecule has 0 aromatic heterocycles. The minimum Gasteiger partial charge on any atom is -0.508 e. The van der Waals surface area contributed by atoms with Crippen LogP contribution in [0, 0.1) is 0 Å². The first-order valence-corrected chi connectivity index (χ1v) is 4.75. The summed E-state index contributed by atoms with van der Waals surface area (Å²) in [5.41, 5.74) is 2.29. The number of phenolic OH excluding ortho intramolecular Hbond substituents is 1. The van der Waals surface area contributed by atoms with Crippen molar-refractivity contribution in [3.63, 3.8) is 0 Å². The second-order valence-corrected chi connectivity index (χ2v) is 3.35. The second kappa shape index (κ2) is 4.64. The molecule has 2 N–H and O–H groups in total. The van der Waals surface area contributed by atoms with Gasteiger partial charge in [-0.3, -0.25) is 4.79 Å². The van der Waals surface area contributed by atoms with Crippen LogP contribution in [0.2, 0.25) is 0 Å². The summed E-state index contributed by atoms with van der Waals surface area (Å²) in [6.07, 6.45) is 0. The first kappa shape index (κ1) is 11.3. The zero-order valence-corrected chi connectivity index (χ0v) is 9.16. The van der Waals surface area contributed by atoms with Crippen LogP contribution in [-0.2, 0) is 4.79 Å². The Morgan fingerprint density at radius 2 is 1.73 bits per heavy atom. The van der Waals surface area contributed by atoms with E-state index < -0.39 is 0 Å². The standard InChI is InChI=1S/C12H15NO2/c1-8(13-3)12(9(2)14)10-4-6-11(15)7-5-10/h4-7,13,15H,1-3H3/b12-8+. The third-order valence-electron chi connectivity index (χ3n) is 2.26. The zero-order valence-electron chi connectivity index (χ0n) is 9.16. The van der Waals surface area contributed by atoms with Crippen molar-refractivity contribution in [3.05, 3.63) is 35.5 Å². The molecule has 0 saturated heterocycles. The van der Waals surface area contributed by atoms with Gasteiger partial charge in [-0.1, -0.05) is 12.1 Å². The molecule has 1 aromatic carbocycles. The van der Waals surface area contributed by atoms with E-state index >= 15 is 0 Å². The van der Waals surface area contributed by atoms with E-state index in [9.17, 15) is 4.79 Å². The number of Topliss-reactive ketones (excluding diaryl/α,β-unsaturated/α-hetero) is 1. The highest BCUT2D eigenvalue weighted by molar-refractivity contribution is 6.20. The Balaban J connectivity index is 3.23. The molecule has 3 heteroatoms. The van der Waals surface area contributed by atoms with Gasteiger partial charge in [0.2, 0.25) is 0 Å². The SMILES string of the molecule is CN/C(C)=C(\C(C)=O)c1ccc(O)cc1. The van der Waals surface area contributed by atoms with Crippen LogP contribution in [0.3, 0.4) is 0 Å². The van der Waals surface area contributed by atoms with E-state index in [4.69, 9.17) is 5.11 Å². The van der Waals surface area contributed by atoms with Gasteiger partial charge in [0.15, 0.2) is 5.78 Å². The van der Waals surface area contributed by atoms with Gasteiger partial charge >= 0.3 is 0 Å². The van der Waals surface area contributed by atoms with Crippen LogP contribution >= 0.6 is 0 Å². The summed E-state index contributed by atoms with van der Waals surface area (Å²) in [6.45, 7) is 3.38. The van der Waals surface area contributed by atoms with Crippen molar-refractivity contribution in [2.45, 2.75) is 13.8 Å². The Bertz CT molecular complexity index is 391. The van der Waals surface area contributed by atoms with Gasteiger partial charge in [0, 0.05) is 18.3 Å². The zero-order chi connectivity index (χ0) is 11.4. The van der Waals surface area contributed by atoms with E-state index in [-0.39, 0.29) is 11.5 Å². The van der Waals surface area contributed by atoms with Crippen LogP contribution in [0.4, 0.5) is 0 Å². The third kappa shape index (κ3) is 2.59. The molecule has 15 heavy (non-hydrogen) atoms. The van der Waals surface area contributed by atoms with E-state index in [0.717, 1.165) is 11.3 Å². The van der Waals surface area contributed by atoms with Gasteiger partial charge in [-0.25, -0.2) is 0 Å². The first-order valence-electron chi connectivity index (χ1n) is 4.75. The Morgan fingerprint density at radius 1 is 1.20 bits per heavy atom. The Morgan fingerprint density at radius 3 is 2.13 bits per heavy atom. The lowest BCUT2D eigenvalue weighted by Gasteiger charge is -2.09. The average molecular weight is 205 g/mol. The molecule has 3 nitrogen and oxygen atoms in total. The molecule has 1 aromatic rings. The van der Waals surface area contributed by atoms with Gasteiger partial charge in [-0.2, -0.15) is 0 Å². The largest absolute Gasteiger partial charge is 0.508 e. The van der Waals surface area contributed by atoms with Crippen LogP contribution in [0.1, 0.15) is 19.4 Å². The highest BCUT2D eigenvalue weighted by Gasteiger charge is 2.10. The van der Waals surface area contributed by atoms with Gasteiger partial charge in [0.05, 0.1) is 0 Å². The summed E-state index contributed by atoms with van der Waals surface area (Å²) in [6, 6.07) is 6.60. The summed E-state index contributed by atoms with van der Waals surface area (Å²) in [5.74, 6) is 0.205. The molecule has 80 valence electrons. The van der Waals surface area contributed by atoms with Crippen molar-refractivity contribution in [1.29, 1.82) is 0 Å². The smallest absolute Gasteiger partial charge is 0.162 e. The quantitative estimate of drug-likeness (QED) is 0.741. The maximum Gasteiger partial charge on any atom is 0.162 e. The molecular weight excluding hydrogens is 190 g/mol. The molecule has 0 atom stereocenters. The summed E-state index contributed by atoms with van der Waals surface area (Å²) in [5, 5.41) is 12.1. The minimum absolute atomic E-state index is 0.00698. The topological polar surface area (TPSA) is 49.3 Å². The fraction of sp³-hybridized carbons (Fsp3) is 0.250. The molecular formula is C12H15NO2. The maximum atomic E-state index is 11.5. The van der Waals surface area contributed by atoms with Gasteiger partial charge in [-0.05, 0) is 31.5 Å². The summed E-state index contributed by atoms with van der Waals surface area (Å²) in [4.78, 5) is 11.5. The highest BCUT2D eigenvalue weighted by Crippen LogP contribution is 2.20. The maximum absolute atomic E-state index is 11.5. The molecule has 0 spiro atoms. The number of carbonyl (C=O) groups is 1. The molecule has 0 amide bonds. The lowest BCUT2D eigenvalue weighted by molar-refractivity contribution is -0.111. The van der Waals surface area contributed by atoms with Crippen molar-refractivity contribution in [3.8, 4) is 5.75 Å². The molecule has 0 saturated carbocycles. The number of hydrogen-bond donors (Lipinski definition) is 2. The summed E-state index contributed by atoms with van der Waals surface area (Å²) < 4.78 is 0. The van der Waals surface area contributed by atoms with E-state index in [1.54, 1.807) is 31.3 Å². The third-order valence-corrected chi connectivity index (χ3v) is 2.26. The van der Waals surface area contributed by atoms with Crippen LogP contribution in [-0.4, -0.2) is 17.9 Å². The van der Waals surface area contributed by atoms with Crippen LogP contribution in [0.15, 0.2) is 30.0 Å². The van der Waals surface area contributed by atoms with Crippen molar-refractivity contribution < 1.29 is 9.90 Å². The van der Waals surface area contributed by atoms with Crippen LogP contribution in [0.25, 0.3) is 5.57 Å². The van der Waals surface area contributed by atoms with Crippen LogP contribution < -0.4 is 5.32 Å². The lowest BCUT2D eigenvalue weighted by atomic mass is 10.0. The van der Waals surface area contributed by atoms with E-state index in [1.807, 2.05) is 6.92 Å². The predicted octanol–water partition coefficient (Wildman–Crippen LogP) is 1.93. The molecule has 0 fully saturated rings. The predicted molar refractivity (Wildman–Crippen MR) is 60.4 cm³/mol. The van der Waals surface area contributed by atoms with Gasteiger partial charge in [0.25, 0.3) is 0 Å². The first-order chi connectivity index (χ1) is 7.06. The van der Waals surface area contributed by atoms with E-state index in [1.165, 1.54) is 6.92 Å². The molecule has 0 aliphatic heterocycles. The molecule has 0 aliphatic rings. The number of aromatic hydroxyl groups is 1. The Hall–Kier alpha value is -1.77. The fourth-order valence-corrected chi connectivity index (χ4v) is 1.44. The number of ketones is 1. The Kier molecular flexibility index (Phi) is 3.50. The molecule has 1 rings (SSSR count). The molecule has 0 unspecified atom stereocenters. The molecule has 0 heterocycles. The number of phenols is 1. The minimum atomic E-state index is 0.00698.